The molecule has 1 aliphatic heterocycles. The summed E-state index contributed by atoms with van der Waals surface area (Å²) >= 11 is 3.39. The van der Waals surface area contributed by atoms with Gasteiger partial charge in [0.25, 0.3) is 0 Å². The zero-order chi connectivity index (χ0) is 6.97. The molecule has 10 heavy (non-hydrogen) atoms. The zero-order valence-electron chi connectivity index (χ0n) is 5.29. The lowest BCUT2D eigenvalue weighted by atomic mass is 10.5. The van der Waals surface area contributed by atoms with Crippen LogP contribution in [-0.4, -0.2) is 22.3 Å². The van der Waals surface area contributed by atoms with Crippen molar-refractivity contribution < 1.29 is 0 Å². The first-order valence-corrected chi connectivity index (χ1v) is 3.88. The number of hydrogen-bond donors (Lipinski definition) is 0. The minimum Gasteiger partial charge on any atom is -0.316 e. The average Bonchev–Trinajstić information content (AvgIpc) is 2.34. The maximum Gasteiger partial charge on any atom is 0.151 e. The number of rotatable bonds is 0. The molecular formula is C6H6BrN3. The van der Waals surface area contributed by atoms with E-state index >= 15 is 0 Å². The van der Waals surface area contributed by atoms with Gasteiger partial charge in [0.1, 0.15) is 4.60 Å². The van der Waals surface area contributed by atoms with Crippen LogP contribution in [0.15, 0.2) is 15.8 Å². The van der Waals surface area contributed by atoms with Gasteiger partial charge in [0, 0.05) is 6.54 Å². The van der Waals surface area contributed by atoms with Crippen molar-refractivity contribution in [2.75, 3.05) is 6.54 Å². The lowest BCUT2D eigenvalue weighted by molar-refractivity contribution is 0.676. The van der Waals surface area contributed by atoms with Crippen molar-refractivity contribution >= 4 is 22.1 Å². The number of nitrogens with zero attached hydrogens (tertiary/aromatic N) is 3. The van der Waals surface area contributed by atoms with Crippen molar-refractivity contribution in [3.05, 3.63) is 16.6 Å². The Morgan fingerprint density at radius 2 is 2.50 bits per heavy atom. The monoisotopic (exact) mass is 199 g/mol. The summed E-state index contributed by atoms with van der Waals surface area (Å²) in [6.45, 7) is 1.80. The normalized spacial score (nSPS) is 15.3. The second kappa shape index (κ2) is 2.20. The third-order valence-electron chi connectivity index (χ3n) is 1.50. The molecule has 0 fully saturated rings. The summed E-state index contributed by atoms with van der Waals surface area (Å²) in [4.78, 5) is 8.23. The van der Waals surface area contributed by atoms with Crippen molar-refractivity contribution in [1.29, 1.82) is 0 Å². The highest BCUT2D eigenvalue weighted by Crippen LogP contribution is 2.12. The topological polar surface area (TPSA) is 30.2 Å². The van der Waals surface area contributed by atoms with Crippen molar-refractivity contribution in [1.82, 2.24) is 9.55 Å². The van der Waals surface area contributed by atoms with Gasteiger partial charge in [0.2, 0.25) is 0 Å². The van der Waals surface area contributed by atoms with Gasteiger partial charge < -0.3 is 4.57 Å². The maximum absolute atomic E-state index is 4.12. The number of halogens is 1. The highest BCUT2D eigenvalue weighted by Gasteiger charge is 2.07. The molecule has 52 valence electrons. The molecule has 3 nitrogen and oxygen atoms in total. The van der Waals surface area contributed by atoms with E-state index in [1.54, 1.807) is 12.4 Å². The molecule has 1 aromatic heterocycles. The van der Waals surface area contributed by atoms with Crippen molar-refractivity contribution in [3.63, 3.8) is 0 Å². The van der Waals surface area contributed by atoms with Gasteiger partial charge in [-0.15, -0.1) is 0 Å². The van der Waals surface area contributed by atoms with Crippen LogP contribution in [0.4, 0.5) is 0 Å². The Labute approximate surface area is 66.9 Å². The van der Waals surface area contributed by atoms with Crippen LogP contribution in [0.25, 0.3) is 0 Å². The average molecular weight is 200 g/mol. The molecule has 0 aromatic carbocycles. The van der Waals surface area contributed by atoms with E-state index in [1.807, 2.05) is 0 Å². The van der Waals surface area contributed by atoms with Crippen LogP contribution in [-0.2, 0) is 6.54 Å². The summed E-state index contributed by atoms with van der Waals surface area (Å²) < 4.78 is 3.13. The molecule has 0 saturated carbocycles. The minimum absolute atomic E-state index is 0.863. The van der Waals surface area contributed by atoms with Gasteiger partial charge in [-0.05, 0) is 15.9 Å². The smallest absolute Gasteiger partial charge is 0.151 e. The molecule has 2 rings (SSSR count). The molecule has 0 unspecified atom stereocenters. The first-order chi connectivity index (χ1) is 4.88. The Morgan fingerprint density at radius 1 is 1.60 bits per heavy atom. The molecule has 0 N–H and O–H groups in total. The zero-order valence-corrected chi connectivity index (χ0v) is 6.87. The van der Waals surface area contributed by atoms with E-state index in [0.717, 1.165) is 23.5 Å². The predicted molar refractivity (Wildman–Crippen MR) is 42.4 cm³/mol. The van der Waals surface area contributed by atoms with Crippen LogP contribution in [0.5, 0.6) is 0 Å². The van der Waals surface area contributed by atoms with Gasteiger partial charge in [-0.1, -0.05) is 0 Å². The molecule has 0 aliphatic carbocycles. The van der Waals surface area contributed by atoms with Crippen LogP contribution in [0, 0.1) is 0 Å². The Morgan fingerprint density at radius 3 is 3.30 bits per heavy atom. The third-order valence-corrected chi connectivity index (χ3v) is 2.13. The second-order valence-corrected chi connectivity index (χ2v) is 2.94. The fourth-order valence-electron chi connectivity index (χ4n) is 0.997. The quantitative estimate of drug-likeness (QED) is 0.616. The number of fused-ring (bicyclic) bond motifs is 1. The van der Waals surface area contributed by atoms with Crippen LogP contribution >= 0.6 is 15.9 Å². The van der Waals surface area contributed by atoms with Gasteiger partial charge in [0.05, 0.1) is 19.0 Å². The maximum atomic E-state index is 4.12. The predicted octanol–water partition coefficient (Wildman–Crippen LogP) is 1.08. The summed E-state index contributed by atoms with van der Waals surface area (Å²) in [5.41, 5.74) is 0. The van der Waals surface area contributed by atoms with E-state index in [1.165, 1.54) is 0 Å². The van der Waals surface area contributed by atoms with E-state index in [-0.39, 0.29) is 0 Å². The molecule has 1 aromatic rings. The fraction of sp³-hybridized carbons (Fsp3) is 0.333. The molecular weight excluding hydrogens is 194 g/mol. The number of hydrogen-bond acceptors (Lipinski definition) is 2. The standard InChI is InChI=1S/C6H6BrN3/c7-5-3-9-6-4-8-1-2-10(5)6/h3-4H,1-2H2. The van der Waals surface area contributed by atoms with E-state index in [9.17, 15) is 0 Å². The van der Waals surface area contributed by atoms with Gasteiger partial charge in [-0.25, -0.2) is 4.98 Å². The summed E-state index contributed by atoms with van der Waals surface area (Å²) in [5.74, 6) is 0.943. The van der Waals surface area contributed by atoms with Crippen molar-refractivity contribution in [3.8, 4) is 0 Å². The Balaban J connectivity index is 2.57. The Hall–Kier alpha value is -0.640. The number of aliphatic imine (C=N–C) groups is 1. The Kier molecular flexibility index (Phi) is 1.34. The molecule has 0 bridgehead atoms. The Bertz CT molecular complexity index is 277. The van der Waals surface area contributed by atoms with Crippen LogP contribution < -0.4 is 0 Å². The molecule has 4 heteroatoms. The van der Waals surface area contributed by atoms with Gasteiger partial charge >= 0.3 is 0 Å². The second-order valence-electron chi connectivity index (χ2n) is 2.13. The largest absolute Gasteiger partial charge is 0.316 e. The summed E-state index contributed by atoms with van der Waals surface area (Å²) in [6.07, 6.45) is 3.60. The van der Waals surface area contributed by atoms with Crippen LogP contribution in [0.1, 0.15) is 5.82 Å². The molecule has 1 aliphatic rings. The highest BCUT2D eigenvalue weighted by atomic mass is 79.9. The van der Waals surface area contributed by atoms with Gasteiger partial charge in [0.15, 0.2) is 5.82 Å². The van der Waals surface area contributed by atoms with Crippen LogP contribution in [0.3, 0.4) is 0 Å². The van der Waals surface area contributed by atoms with Gasteiger partial charge in [-0.3, -0.25) is 4.99 Å². The van der Waals surface area contributed by atoms with E-state index in [4.69, 9.17) is 0 Å². The molecule has 0 spiro atoms. The molecule has 0 atom stereocenters. The molecule has 2 heterocycles. The van der Waals surface area contributed by atoms with Gasteiger partial charge in [-0.2, -0.15) is 0 Å². The summed E-state index contributed by atoms with van der Waals surface area (Å²) in [6, 6.07) is 0. The van der Waals surface area contributed by atoms with E-state index < -0.39 is 0 Å². The molecule has 0 amide bonds. The van der Waals surface area contributed by atoms with Crippen molar-refractivity contribution in [2.24, 2.45) is 4.99 Å². The fourth-order valence-corrected chi connectivity index (χ4v) is 1.46. The first kappa shape index (κ1) is 6.09. The first-order valence-electron chi connectivity index (χ1n) is 3.09. The lowest BCUT2D eigenvalue weighted by Crippen LogP contribution is -2.11. The highest BCUT2D eigenvalue weighted by molar-refractivity contribution is 9.10. The van der Waals surface area contributed by atoms with E-state index in [2.05, 4.69) is 30.5 Å². The minimum atomic E-state index is 0.863. The van der Waals surface area contributed by atoms with E-state index in [0.29, 0.717) is 0 Å². The molecule has 0 radical (unpaired) electrons. The SMILES string of the molecule is Brc1cnc2n1CCN=C2. The third kappa shape index (κ3) is 0.794. The van der Waals surface area contributed by atoms with Crippen molar-refractivity contribution in [2.45, 2.75) is 6.54 Å². The number of imidazole rings is 1. The van der Waals surface area contributed by atoms with Crippen LogP contribution in [0.2, 0.25) is 0 Å². The lowest BCUT2D eigenvalue weighted by Gasteiger charge is -2.07. The summed E-state index contributed by atoms with van der Waals surface area (Å²) in [7, 11) is 0. The number of aromatic nitrogens is 2. The summed E-state index contributed by atoms with van der Waals surface area (Å²) in [5, 5.41) is 0. The molecule has 0 saturated heterocycles.